The molecule has 2 rings (SSSR count). The molecular formula is C10H12N4S2. The zero-order valence-electron chi connectivity index (χ0n) is 8.88. The van der Waals surface area contributed by atoms with Gasteiger partial charge in [-0.2, -0.15) is 0 Å². The van der Waals surface area contributed by atoms with Crippen molar-refractivity contribution in [2.75, 3.05) is 11.4 Å². The molecule has 4 nitrogen and oxygen atoms in total. The Kier molecular flexibility index (Phi) is 3.63. The van der Waals surface area contributed by atoms with Gasteiger partial charge in [0.05, 0.1) is 0 Å². The molecule has 0 amide bonds. The summed E-state index contributed by atoms with van der Waals surface area (Å²) >= 11 is 6.53. The molecule has 0 spiro atoms. The number of aromatic amines is 1. The Morgan fingerprint density at radius 1 is 1.44 bits per heavy atom. The van der Waals surface area contributed by atoms with Gasteiger partial charge in [-0.15, -0.1) is 5.10 Å². The highest BCUT2D eigenvalue weighted by molar-refractivity contribution is 7.73. The first-order chi connectivity index (χ1) is 7.79. The van der Waals surface area contributed by atoms with Crippen molar-refractivity contribution in [1.82, 2.24) is 15.2 Å². The van der Waals surface area contributed by atoms with Crippen LogP contribution < -0.4 is 4.90 Å². The largest absolute Gasteiger partial charge is 0.343 e. The lowest BCUT2D eigenvalue weighted by Gasteiger charge is -2.18. The third-order valence-corrected chi connectivity index (χ3v) is 3.35. The highest BCUT2D eigenvalue weighted by Crippen LogP contribution is 2.19. The third kappa shape index (κ3) is 2.65. The van der Waals surface area contributed by atoms with Crippen molar-refractivity contribution >= 4 is 28.7 Å². The first kappa shape index (κ1) is 11.2. The number of nitrogens with zero attached hydrogens (tertiary/aromatic N) is 3. The van der Waals surface area contributed by atoms with Crippen molar-refractivity contribution in [3.05, 3.63) is 34.0 Å². The molecule has 0 saturated heterocycles. The predicted octanol–water partition coefficient (Wildman–Crippen LogP) is 2.62. The zero-order valence-corrected chi connectivity index (χ0v) is 10.5. The number of nitrogens with one attached hydrogen (secondary N) is 1. The van der Waals surface area contributed by atoms with Gasteiger partial charge in [0.1, 0.15) is 0 Å². The second-order valence-corrected chi connectivity index (χ2v) is 4.91. The number of hydrogen-bond donors (Lipinski definition) is 1. The van der Waals surface area contributed by atoms with Crippen LogP contribution in [0.15, 0.2) is 24.5 Å². The maximum atomic E-state index is 5.03. The van der Waals surface area contributed by atoms with Crippen LogP contribution >= 0.6 is 23.6 Å². The fraction of sp³-hybridized carbons (Fsp3) is 0.300. The van der Waals surface area contributed by atoms with E-state index in [2.05, 4.69) is 27.0 Å². The first-order valence-corrected chi connectivity index (χ1v) is 6.21. The van der Waals surface area contributed by atoms with Crippen molar-refractivity contribution in [3.8, 4) is 0 Å². The Morgan fingerprint density at radius 3 is 2.75 bits per heavy atom. The molecule has 2 aromatic heterocycles. The standard InChI is InChI=1S/C10H12N4S2/c1-2-14(9-12-13-10(15)16-9)7-8-3-5-11-6-4-8/h3-6H,2,7H2,1H3,(H,13,15). The first-order valence-electron chi connectivity index (χ1n) is 4.99. The predicted molar refractivity (Wildman–Crippen MR) is 68.3 cm³/mol. The molecule has 1 N–H and O–H groups in total. The third-order valence-electron chi connectivity index (χ3n) is 2.20. The Bertz CT molecular complexity index is 491. The van der Waals surface area contributed by atoms with Gasteiger partial charge >= 0.3 is 0 Å². The Hall–Kier alpha value is -1.27. The summed E-state index contributed by atoms with van der Waals surface area (Å²) in [7, 11) is 0. The molecule has 0 aliphatic rings. The molecule has 2 aromatic rings. The van der Waals surface area contributed by atoms with Gasteiger partial charge in [0.2, 0.25) is 5.13 Å². The van der Waals surface area contributed by atoms with Gasteiger partial charge in [-0.3, -0.25) is 10.1 Å². The smallest absolute Gasteiger partial charge is 0.207 e. The van der Waals surface area contributed by atoms with E-state index < -0.39 is 0 Å². The van der Waals surface area contributed by atoms with E-state index in [1.54, 1.807) is 12.4 Å². The summed E-state index contributed by atoms with van der Waals surface area (Å²) in [4.78, 5) is 6.17. The van der Waals surface area contributed by atoms with Crippen LogP contribution in [-0.4, -0.2) is 21.7 Å². The highest BCUT2D eigenvalue weighted by Gasteiger charge is 2.08. The van der Waals surface area contributed by atoms with E-state index in [1.165, 1.54) is 16.9 Å². The molecule has 0 fully saturated rings. The van der Waals surface area contributed by atoms with E-state index in [0.29, 0.717) is 3.95 Å². The number of H-pyrrole nitrogens is 1. The van der Waals surface area contributed by atoms with E-state index in [0.717, 1.165) is 18.2 Å². The molecule has 84 valence electrons. The van der Waals surface area contributed by atoms with E-state index in [4.69, 9.17) is 12.2 Å². The van der Waals surface area contributed by atoms with Crippen LogP contribution in [0.3, 0.4) is 0 Å². The second-order valence-electron chi connectivity index (χ2n) is 3.27. The van der Waals surface area contributed by atoms with Crippen molar-refractivity contribution < 1.29 is 0 Å². The summed E-state index contributed by atoms with van der Waals surface area (Å²) in [5, 5.41) is 7.92. The summed E-state index contributed by atoms with van der Waals surface area (Å²) in [6.07, 6.45) is 3.60. The number of hydrogen-bond acceptors (Lipinski definition) is 5. The molecule has 0 unspecified atom stereocenters. The second kappa shape index (κ2) is 5.18. The molecule has 2 heterocycles. The Balaban J connectivity index is 2.15. The average Bonchev–Trinajstić information content (AvgIpc) is 2.74. The van der Waals surface area contributed by atoms with Gasteiger partial charge < -0.3 is 4.90 Å². The monoisotopic (exact) mass is 252 g/mol. The summed E-state index contributed by atoms with van der Waals surface area (Å²) < 4.78 is 0.711. The average molecular weight is 252 g/mol. The van der Waals surface area contributed by atoms with Crippen LogP contribution in [0.1, 0.15) is 12.5 Å². The molecule has 0 radical (unpaired) electrons. The Morgan fingerprint density at radius 2 is 2.19 bits per heavy atom. The summed E-state index contributed by atoms with van der Waals surface area (Å²) in [5.74, 6) is 0. The topological polar surface area (TPSA) is 44.8 Å². The van der Waals surface area contributed by atoms with Crippen molar-refractivity contribution in [1.29, 1.82) is 0 Å². The molecule has 6 heteroatoms. The molecule has 0 saturated carbocycles. The summed E-state index contributed by atoms with van der Waals surface area (Å²) in [6, 6.07) is 4.02. The molecule has 0 aliphatic heterocycles. The molecule has 0 aliphatic carbocycles. The number of rotatable bonds is 4. The van der Waals surface area contributed by atoms with Gasteiger partial charge in [-0.1, -0.05) is 11.3 Å². The maximum Gasteiger partial charge on any atom is 0.207 e. The van der Waals surface area contributed by atoms with Crippen LogP contribution in [0.2, 0.25) is 0 Å². The minimum absolute atomic E-state index is 0.711. The van der Waals surface area contributed by atoms with Crippen LogP contribution in [0, 0.1) is 3.95 Å². The molecule has 16 heavy (non-hydrogen) atoms. The van der Waals surface area contributed by atoms with Crippen LogP contribution in [-0.2, 0) is 6.54 Å². The van der Waals surface area contributed by atoms with E-state index in [-0.39, 0.29) is 0 Å². The lowest BCUT2D eigenvalue weighted by atomic mass is 10.2. The van der Waals surface area contributed by atoms with Crippen LogP contribution in [0.25, 0.3) is 0 Å². The lowest BCUT2D eigenvalue weighted by molar-refractivity contribution is 0.813. The maximum absolute atomic E-state index is 5.03. The number of pyridine rings is 1. The minimum atomic E-state index is 0.711. The van der Waals surface area contributed by atoms with E-state index in [9.17, 15) is 0 Å². The number of anilines is 1. The van der Waals surface area contributed by atoms with Crippen molar-refractivity contribution in [2.24, 2.45) is 0 Å². The summed E-state index contributed by atoms with van der Waals surface area (Å²) in [6.45, 7) is 3.83. The quantitative estimate of drug-likeness (QED) is 0.850. The van der Waals surface area contributed by atoms with Gasteiger partial charge in [0.25, 0.3) is 0 Å². The van der Waals surface area contributed by atoms with Crippen LogP contribution in [0.5, 0.6) is 0 Å². The van der Waals surface area contributed by atoms with Gasteiger partial charge in [0.15, 0.2) is 3.95 Å². The fourth-order valence-electron chi connectivity index (χ4n) is 1.38. The zero-order chi connectivity index (χ0) is 11.4. The summed E-state index contributed by atoms with van der Waals surface area (Å²) in [5.41, 5.74) is 1.22. The van der Waals surface area contributed by atoms with Crippen LogP contribution in [0.4, 0.5) is 5.13 Å². The Labute approximate surface area is 103 Å². The van der Waals surface area contributed by atoms with E-state index in [1.807, 2.05) is 12.1 Å². The van der Waals surface area contributed by atoms with Gasteiger partial charge in [0, 0.05) is 25.5 Å². The molecule has 0 aromatic carbocycles. The SMILES string of the molecule is CCN(Cc1ccncc1)c1n[nH]c(=S)s1. The van der Waals surface area contributed by atoms with Gasteiger partial charge in [-0.05, 0) is 36.8 Å². The normalized spacial score (nSPS) is 10.3. The molecule has 0 bridgehead atoms. The number of aromatic nitrogens is 3. The lowest BCUT2D eigenvalue weighted by Crippen LogP contribution is -2.21. The van der Waals surface area contributed by atoms with Gasteiger partial charge in [-0.25, -0.2) is 0 Å². The molecular weight excluding hydrogens is 240 g/mol. The minimum Gasteiger partial charge on any atom is -0.343 e. The van der Waals surface area contributed by atoms with Crippen molar-refractivity contribution in [3.63, 3.8) is 0 Å². The highest BCUT2D eigenvalue weighted by atomic mass is 32.1. The van der Waals surface area contributed by atoms with Crippen molar-refractivity contribution in [2.45, 2.75) is 13.5 Å². The fourth-order valence-corrected chi connectivity index (χ4v) is 2.32. The molecule has 0 atom stereocenters. The van der Waals surface area contributed by atoms with E-state index >= 15 is 0 Å².